The average Bonchev–Trinajstić information content (AvgIpc) is 2.85. The van der Waals surface area contributed by atoms with Gasteiger partial charge in [-0.25, -0.2) is 9.37 Å². The molecule has 0 saturated carbocycles. The topological polar surface area (TPSA) is 76.9 Å². The van der Waals surface area contributed by atoms with Crippen molar-refractivity contribution < 1.29 is 18.7 Å². The largest absolute Gasteiger partial charge is 0.486 e. The molecule has 0 unspecified atom stereocenters. The van der Waals surface area contributed by atoms with Crippen molar-refractivity contribution >= 4 is 22.8 Å². The molecule has 0 atom stereocenters. The Hall–Kier alpha value is -3.62. The summed E-state index contributed by atoms with van der Waals surface area (Å²) in [6, 6.07) is 9.47. The summed E-state index contributed by atoms with van der Waals surface area (Å²) in [6.07, 6.45) is 0.774. The predicted molar refractivity (Wildman–Crippen MR) is 122 cm³/mol. The zero-order valence-electron chi connectivity index (χ0n) is 18.4. The van der Waals surface area contributed by atoms with Gasteiger partial charge in [0.05, 0.1) is 16.5 Å². The first kappa shape index (κ1) is 21.2. The van der Waals surface area contributed by atoms with Crippen LogP contribution >= 0.6 is 0 Å². The number of carbonyl (C=O) groups is 1. The van der Waals surface area contributed by atoms with Crippen LogP contribution in [0.3, 0.4) is 0 Å². The van der Waals surface area contributed by atoms with Crippen molar-refractivity contribution in [2.75, 3.05) is 44.3 Å². The van der Waals surface area contributed by atoms with E-state index in [9.17, 15) is 14.0 Å². The van der Waals surface area contributed by atoms with E-state index >= 15 is 0 Å². The zero-order chi connectivity index (χ0) is 22.9. The normalized spacial score (nSPS) is 15.7. The number of halogens is 1. The van der Waals surface area contributed by atoms with E-state index in [2.05, 4.69) is 0 Å². The monoisotopic (exact) mass is 452 g/mol. The van der Waals surface area contributed by atoms with Gasteiger partial charge in [0, 0.05) is 38.8 Å². The van der Waals surface area contributed by atoms with Crippen LogP contribution in [0.5, 0.6) is 11.5 Å². The number of fused-ring (bicyclic) bond motifs is 2. The van der Waals surface area contributed by atoms with E-state index in [1.165, 1.54) is 12.1 Å². The van der Waals surface area contributed by atoms with Crippen LogP contribution in [0.4, 0.5) is 10.3 Å². The molecule has 2 aliphatic heterocycles. The number of aromatic nitrogens is 2. The highest BCUT2D eigenvalue weighted by atomic mass is 19.1. The third-order valence-corrected chi connectivity index (χ3v) is 6.00. The number of benzene rings is 2. The van der Waals surface area contributed by atoms with E-state index in [0.29, 0.717) is 74.3 Å². The van der Waals surface area contributed by atoms with Gasteiger partial charge < -0.3 is 19.3 Å². The quantitative estimate of drug-likeness (QED) is 0.606. The Balaban J connectivity index is 1.44. The second-order valence-electron chi connectivity index (χ2n) is 8.14. The summed E-state index contributed by atoms with van der Waals surface area (Å²) in [4.78, 5) is 34.6. The van der Waals surface area contributed by atoms with Crippen molar-refractivity contribution in [3.8, 4) is 11.5 Å². The maximum Gasteiger partial charge on any atom is 0.262 e. The molecule has 0 aliphatic carbocycles. The van der Waals surface area contributed by atoms with Crippen LogP contribution in [0, 0.1) is 5.82 Å². The fourth-order valence-corrected chi connectivity index (χ4v) is 4.33. The van der Waals surface area contributed by atoms with E-state index in [0.717, 1.165) is 6.42 Å². The fraction of sp³-hybridized carbons (Fsp3) is 0.375. The third-order valence-electron chi connectivity index (χ3n) is 6.00. The summed E-state index contributed by atoms with van der Waals surface area (Å²) in [5.74, 6) is 0.870. The van der Waals surface area contributed by atoms with Gasteiger partial charge in [-0.2, -0.15) is 0 Å². The molecule has 1 amide bonds. The lowest BCUT2D eigenvalue weighted by Crippen LogP contribution is -2.50. The molecule has 1 fully saturated rings. The summed E-state index contributed by atoms with van der Waals surface area (Å²) >= 11 is 0. The molecule has 2 aromatic carbocycles. The molecule has 5 rings (SSSR count). The van der Waals surface area contributed by atoms with Gasteiger partial charge in [-0.3, -0.25) is 14.2 Å². The van der Waals surface area contributed by atoms with Gasteiger partial charge >= 0.3 is 0 Å². The second kappa shape index (κ2) is 8.73. The summed E-state index contributed by atoms with van der Waals surface area (Å²) in [6.45, 7) is 5.25. The summed E-state index contributed by atoms with van der Waals surface area (Å²) in [7, 11) is 0. The van der Waals surface area contributed by atoms with Crippen LogP contribution < -0.4 is 19.9 Å². The van der Waals surface area contributed by atoms with Gasteiger partial charge in [0.15, 0.2) is 11.5 Å². The van der Waals surface area contributed by atoms with Crippen LogP contribution in [-0.4, -0.2) is 59.8 Å². The van der Waals surface area contributed by atoms with Gasteiger partial charge in [0.1, 0.15) is 19.0 Å². The van der Waals surface area contributed by atoms with Crippen molar-refractivity contribution in [2.24, 2.45) is 0 Å². The minimum Gasteiger partial charge on any atom is -0.486 e. The molecule has 9 heteroatoms. The summed E-state index contributed by atoms with van der Waals surface area (Å²) in [5, 5.41) is 0.491. The lowest BCUT2D eigenvalue weighted by molar-refractivity contribution is 0.0741. The van der Waals surface area contributed by atoms with Crippen molar-refractivity contribution in [1.29, 1.82) is 0 Å². The van der Waals surface area contributed by atoms with Crippen molar-refractivity contribution in [3.05, 3.63) is 58.1 Å². The number of ether oxygens (including phenoxy) is 2. The van der Waals surface area contributed by atoms with Gasteiger partial charge in [0.25, 0.3) is 11.5 Å². The number of nitrogens with zero attached hydrogens (tertiary/aromatic N) is 4. The minimum atomic E-state index is -0.521. The van der Waals surface area contributed by atoms with E-state index in [-0.39, 0.29) is 17.0 Å². The molecule has 2 aliphatic rings. The van der Waals surface area contributed by atoms with Gasteiger partial charge in [-0.1, -0.05) is 19.1 Å². The van der Waals surface area contributed by atoms with E-state index in [4.69, 9.17) is 14.5 Å². The number of anilines is 1. The highest BCUT2D eigenvalue weighted by Crippen LogP contribution is 2.33. The average molecular weight is 452 g/mol. The Morgan fingerprint density at radius 2 is 1.76 bits per heavy atom. The lowest BCUT2D eigenvalue weighted by Gasteiger charge is -2.36. The number of hydrogen-bond donors (Lipinski definition) is 0. The van der Waals surface area contributed by atoms with Crippen LogP contribution in [0.25, 0.3) is 10.9 Å². The third kappa shape index (κ3) is 3.88. The molecular formula is C24H25FN4O4. The second-order valence-corrected chi connectivity index (χ2v) is 8.14. The Labute approximate surface area is 190 Å². The van der Waals surface area contributed by atoms with Gasteiger partial charge in [-0.05, 0) is 24.6 Å². The number of rotatable bonds is 4. The molecule has 3 aromatic rings. The van der Waals surface area contributed by atoms with Gasteiger partial charge in [-0.15, -0.1) is 0 Å². The minimum absolute atomic E-state index is 0.0738. The van der Waals surface area contributed by atoms with E-state index < -0.39 is 5.82 Å². The summed E-state index contributed by atoms with van der Waals surface area (Å²) in [5.41, 5.74) is 0.500. The molecule has 0 spiro atoms. The molecule has 172 valence electrons. The Morgan fingerprint density at radius 1 is 1.06 bits per heavy atom. The van der Waals surface area contributed by atoms with Crippen molar-refractivity contribution in [2.45, 2.75) is 19.9 Å². The van der Waals surface area contributed by atoms with Crippen LogP contribution in [0.2, 0.25) is 0 Å². The molecular weight excluding hydrogens is 427 g/mol. The molecule has 33 heavy (non-hydrogen) atoms. The molecule has 0 radical (unpaired) electrons. The Morgan fingerprint density at radius 3 is 2.45 bits per heavy atom. The summed E-state index contributed by atoms with van der Waals surface area (Å²) < 4.78 is 27.1. The number of hydrogen-bond acceptors (Lipinski definition) is 6. The predicted octanol–water partition coefficient (Wildman–Crippen LogP) is 2.68. The number of piperazine rings is 1. The van der Waals surface area contributed by atoms with Crippen LogP contribution in [0.15, 0.2) is 41.2 Å². The van der Waals surface area contributed by atoms with Crippen molar-refractivity contribution in [3.63, 3.8) is 0 Å². The smallest absolute Gasteiger partial charge is 0.262 e. The van der Waals surface area contributed by atoms with E-state index in [1.807, 2.05) is 11.8 Å². The molecule has 1 saturated heterocycles. The highest BCUT2D eigenvalue weighted by molar-refractivity contribution is 5.94. The first-order valence-electron chi connectivity index (χ1n) is 11.2. The number of carbonyl (C=O) groups excluding carboxylic acids is 1. The molecule has 0 bridgehead atoms. The van der Waals surface area contributed by atoms with Crippen molar-refractivity contribution in [1.82, 2.24) is 14.5 Å². The number of amides is 1. The fourth-order valence-electron chi connectivity index (χ4n) is 4.33. The molecule has 0 N–H and O–H groups in total. The van der Waals surface area contributed by atoms with E-state index in [1.54, 1.807) is 33.7 Å². The highest BCUT2D eigenvalue weighted by Gasteiger charge is 2.27. The lowest BCUT2D eigenvalue weighted by atomic mass is 10.1. The standard InChI is InChI=1S/C24H25FN4O4/c1-2-7-29-23(31)17-14-20-21(33-13-12-32-20)15-19(17)26-24(29)28-10-8-27(9-11-28)22(30)16-5-3-4-6-18(16)25/h3-6,14-15H,2,7-13H2,1H3. The first-order chi connectivity index (χ1) is 16.1. The molecule has 3 heterocycles. The first-order valence-corrected chi connectivity index (χ1v) is 11.2. The van der Waals surface area contributed by atoms with Crippen LogP contribution in [-0.2, 0) is 6.54 Å². The SMILES string of the molecule is CCCn1c(N2CCN(C(=O)c3ccccc3F)CC2)nc2cc3c(cc2c1=O)OCCO3. The Bertz CT molecular complexity index is 1270. The van der Waals surface area contributed by atoms with Gasteiger partial charge in [0.2, 0.25) is 5.95 Å². The molecule has 1 aromatic heterocycles. The maximum atomic E-state index is 14.1. The van der Waals surface area contributed by atoms with Crippen LogP contribution in [0.1, 0.15) is 23.7 Å². The zero-order valence-corrected chi connectivity index (χ0v) is 18.4. The Kier molecular flexibility index (Phi) is 5.62. The maximum absolute atomic E-state index is 14.1. The molecule has 8 nitrogen and oxygen atoms in total.